The van der Waals surface area contributed by atoms with Crippen LogP contribution in [0.2, 0.25) is 0 Å². The van der Waals surface area contributed by atoms with Crippen LogP contribution in [0.15, 0.2) is 84.2 Å². The average Bonchev–Trinajstić information content (AvgIpc) is 3.31. The van der Waals surface area contributed by atoms with Gasteiger partial charge in [0.05, 0.1) is 12.6 Å². The van der Waals surface area contributed by atoms with Crippen LogP contribution in [0, 0.1) is 11.6 Å². The Balaban J connectivity index is 1.47. The molecule has 4 rings (SSSR count). The molecule has 0 aliphatic rings. The molecule has 1 amide bonds. The van der Waals surface area contributed by atoms with Gasteiger partial charge in [-0.2, -0.15) is 0 Å². The number of hydrogen-bond acceptors (Lipinski definition) is 4. The summed E-state index contributed by atoms with van der Waals surface area (Å²) in [6.45, 7) is 3.20. The standard InChI is InChI=1S/C27H25F2N3OS/c1-19(21-7-3-2-4-8-21)30-27(33)25-18-34-26(31-25)17-32(15-20-11-13-23(28)14-12-20)16-22-9-5-6-10-24(22)29/h2-14,18-19H,15-17H2,1H3,(H,30,33)/t19-/m1/s1. The zero-order chi connectivity index (χ0) is 23.9. The number of hydrogen-bond donors (Lipinski definition) is 1. The fraction of sp³-hybridized carbons (Fsp3) is 0.185. The molecule has 34 heavy (non-hydrogen) atoms. The van der Waals surface area contributed by atoms with Crippen molar-refractivity contribution in [3.05, 3.63) is 123 Å². The number of benzene rings is 3. The quantitative estimate of drug-likeness (QED) is 0.316. The first-order valence-electron chi connectivity index (χ1n) is 11.0. The Bertz CT molecular complexity index is 1230. The first kappa shape index (κ1) is 23.7. The predicted octanol–water partition coefficient (Wildman–Crippen LogP) is 6.11. The maximum absolute atomic E-state index is 14.3. The summed E-state index contributed by atoms with van der Waals surface area (Å²) in [6.07, 6.45) is 0. The van der Waals surface area contributed by atoms with E-state index < -0.39 is 0 Å². The van der Waals surface area contributed by atoms with E-state index in [1.807, 2.05) is 42.2 Å². The molecule has 4 aromatic rings. The molecule has 0 saturated carbocycles. The number of amides is 1. The topological polar surface area (TPSA) is 45.2 Å². The molecule has 3 aromatic carbocycles. The highest BCUT2D eigenvalue weighted by Crippen LogP contribution is 2.20. The molecular weight excluding hydrogens is 452 g/mol. The van der Waals surface area contributed by atoms with Gasteiger partial charge in [-0.3, -0.25) is 9.69 Å². The number of nitrogens with one attached hydrogen (secondary N) is 1. The monoisotopic (exact) mass is 477 g/mol. The summed E-state index contributed by atoms with van der Waals surface area (Å²) in [5.74, 6) is -0.816. The smallest absolute Gasteiger partial charge is 0.271 e. The van der Waals surface area contributed by atoms with Crippen LogP contribution >= 0.6 is 11.3 Å². The fourth-order valence-electron chi connectivity index (χ4n) is 3.66. The van der Waals surface area contributed by atoms with Crippen molar-refractivity contribution in [2.24, 2.45) is 0 Å². The van der Waals surface area contributed by atoms with Crippen molar-refractivity contribution in [3.63, 3.8) is 0 Å². The van der Waals surface area contributed by atoms with Crippen LogP contribution in [0.1, 0.15) is 45.2 Å². The molecule has 1 aromatic heterocycles. The van der Waals surface area contributed by atoms with Gasteiger partial charge in [-0.05, 0) is 36.2 Å². The molecule has 174 valence electrons. The third kappa shape index (κ3) is 6.34. The van der Waals surface area contributed by atoms with Crippen LogP contribution in [0.25, 0.3) is 0 Å². The second-order valence-electron chi connectivity index (χ2n) is 8.10. The molecule has 0 spiro atoms. The van der Waals surface area contributed by atoms with Gasteiger partial charge >= 0.3 is 0 Å². The number of halogens is 2. The van der Waals surface area contributed by atoms with E-state index in [0.29, 0.717) is 30.9 Å². The van der Waals surface area contributed by atoms with Crippen molar-refractivity contribution in [2.75, 3.05) is 0 Å². The molecule has 1 heterocycles. The minimum atomic E-state index is -0.301. The van der Waals surface area contributed by atoms with Crippen molar-refractivity contribution >= 4 is 17.2 Å². The second-order valence-corrected chi connectivity index (χ2v) is 9.04. The highest BCUT2D eigenvalue weighted by atomic mass is 32.1. The van der Waals surface area contributed by atoms with Crippen LogP contribution in [-0.2, 0) is 19.6 Å². The summed E-state index contributed by atoms with van der Waals surface area (Å²) in [5, 5.41) is 5.46. The van der Waals surface area contributed by atoms with Gasteiger partial charge in [-0.15, -0.1) is 11.3 Å². The molecule has 1 N–H and O–H groups in total. The third-order valence-electron chi connectivity index (χ3n) is 5.46. The van der Waals surface area contributed by atoms with Crippen LogP contribution < -0.4 is 5.32 Å². The lowest BCUT2D eigenvalue weighted by atomic mass is 10.1. The summed E-state index contributed by atoms with van der Waals surface area (Å²) in [6, 6.07) is 22.5. The van der Waals surface area contributed by atoms with Crippen molar-refractivity contribution in [2.45, 2.75) is 32.6 Å². The van der Waals surface area contributed by atoms with Crippen LogP contribution in [0.5, 0.6) is 0 Å². The zero-order valence-corrected chi connectivity index (χ0v) is 19.6. The van der Waals surface area contributed by atoms with E-state index in [1.165, 1.54) is 29.5 Å². The van der Waals surface area contributed by atoms with Gasteiger partial charge < -0.3 is 5.32 Å². The summed E-state index contributed by atoms with van der Waals surface area (Å²) >= 11 is 1.39. The maximum Gasteiger partial charge on any atom is 0.271 e. The summed E-state index contributed by atoms with van der Waals surface area (Å²) in [4.78, 5) is 19.3. The Kier molecular flexibility index (Phi) is 7.77. The van der Waals surface area contributed by atoms with Crippen molar-refractivity contribution < 1.29 is 13.6 Å². The van der Waals surface area contributed by atoms with E-state index in [2.05, 4.69) is 10.3 Å². The molecule has 7 heteroatoms. The van der Waals surface area contributed by atoms with Gasteiger partial charge in [-0.1, -0.05) is 60.7 Å². The number of carbonyl (C=O) groups excluding carboxylic acids is 1. The molecule has 0 radical (unpaired) electrons. The average molecular weight is 478 g/mol. The minimum Gasteiger partial charge on any atom is -0.344 e. The van der Waals surface area contributed by atoms with E-state index in [-0.39, 0.29) is 23.6 Å². The summed E-state index contributed by atoms with van der Waals surface area (Å²) in [7, 11) is 0. The van der Waals surface area contributed by atoms with Gasteiger partial charge in [0.15, 0.2) is 0 Å². The minimum absolute atomic E-state index is 0.144. The third-order valence-corrected chi connectivity index (χ3v) is 6.30. The molecule has 0 unspecified atom stereocenters. The molecule has 0 bridgehead atoms. The van der Waals surface area contributed by atoms with Crippen molar-refractivity contribution in [1.82, 2.24) is 15.2 Å². The largest absolute Gasteiger partial charge is 0.344 e. The zero-order valence-electron chi connectivity index (χ0n) is 18.7. The lowest BCUT2D eigenvalue weighted by molar-refractivity contribution is 0.0935. The van der Waals surface area contributed by atoms with E-state index in [1.54, 1.807) is 35.7 Å². The van der Waals surface area contributed by atoms with Gasteiger partial charge in [0.1, 0.15) is 22.3 Å². The van der Waals surface area contributed by atoms with E-state index in [9.17, 15) is 13.6 Å². The van der Waals surface area contributed by atoms with Gasteiger partial charge in [0.2, 0.25) is 0 Å². The Morgan fingerprint density at radius 1 is 0.941 bits per heavy atom. The normalized spacial score (nSPS) is 12.0. The SMILES string of the molecule is C[C@@H](NC(=O)c1csc(CN(Cc2ccc(F)cc2)Cc2ccccc2F)n1)c1ccccc1. The first-order valence-corrected chi connectivity index (χ1v) is 11.9. The maximum atomic E-state index is 14.3. The Hall–Kier alpha value is -3.42. The highest BCUT2D eigenvalue weighted by molar-refractivity contribution is 7.09. The molecule has 4 nitrogen and oxygen atoms in total. The summed E-state index contributed by atoms with van der Waals surface area (Å²) < 4.78 is 27.6. The first-order chi connectivity index (χ1) is 16.5. The highest BCUT2D eigenvalue weighted by Gasteiger charge is 2.17. The number of rotatable bonds is 9. The lowest BCUT2D eigenvalue weighted by Gasteiger charge is -2.22. The van der Waals surface area contributed by atoms with Crippen LogP contribution in [-0.4, -0.2) is 15.8 Å². The van der Waals surface area contributed by atoms with E-state index in [4.69, 9.17) is 0 Å². The number of thiazole rings is 1. The fourth-order valence-corrected chi connectivity index (χ4v) is 4.47. The molecule has 1 atom stereocenters. The molecule has 0 aliphatic heterocycles. The second kappa shape index (κ2) is 11.1. The molecule has 0 fully saturated rings. The van der Waals surface area contributed by atoms with Gasteiger partial charge in [0, 0.05) is 24.0 Å². The van der Waals surface area contributed by atoms with Crippen molar-refractivity contribution in [1.29, 1.82) is 0 Å². The molecule has 0 aliphatic carbocycles. The predicted molar refractivity (Wildman–Crippen MR) is 130 cm³/mol. The summed E-state index contributed by atoms with van der Waals surface area (Å²) in [5.41, 5.74) is 2.84. The Morgan fingerprint density at radius 3 is 2.38 bits per heavy atom. The van der Waals surface area contributed by atoms with Crippen molar-refractivity contribution in [3.8, 4) is 0 Å². The van der Waals surface area contributed by atoms with Crippen LogP contribution in [0.3, 0.4) is 0 Å². The van der Waals surface area contributed by atoms with Gasteiger partial charge in [0.25, 0.3) is 5.91 Å². The number of nitrogens with zero attached hydrogens (tertiary/aromatic N) is 2. The number of carbonyl (C=O) groups is 1. The molecular formula is C27H25F2N3OS. The molecule has 0 saturated heterocycles. The van der Waals surface area contributed by atoms with E-state index >= 15 is 0 Å². The lowest BCUT2D eigenvalue weighted by Crippen LogP contribution is -2.27. The van der Waals surface area contributed by atoms with E-state index in [0.717, 1.165) is 16.1 Å². The van der Waals surface area contributed by atoms with Crippen LogP contribution in [0.4, 0.5) is 8.78 Å². The van der Waals surface area contributed by atoms with Gasteiger partial charge in [-0.25, -0.2) is 13.8 Å². The number of aromatic nitrogens is 1. The Morgan fingerprint density at radius 2 is 1.65 bits per heavy atom. The Labute approximate surface area is 201 Å².